The summed E-state index contributed by atoms with van der Waals surface area (Å²) in [5, 5.41) is 13.1. The highest BCUT2D eigenvalue weighted by Crippen LogP contribution is 2.21. The Morgan fingerprint density at radius 3 is 2.35 bits per heavy atom. The summed E-state index contributed by atoms with van der Waals surface area (Å²) >= 11 is 0. The Balaban J connectivity index is 2.31. The summed E-state index contributed by atoms with van der Waals surface area (Å²) < 4.78 is 4.72. The Labute approximate surface area is 113 Å². The standard InChI is InChI=1S/C10H16N4O6/c1-3(10(18)19)14-8(16)4(11)2-13-9(17)6-5(20-6)7(12)15/h3-6H,2,11H2,1H3,(H2,12,15)(H,13,17)(H,14,16)(H,18,19)/t3-,4-,5?,6?/m0/s1. The molecule has 1 saturated heterocycles. The van der Waals surface area contributed by atoms with Gasteiger partial charge in [-0.15, -0.1) is 0 Å². The first-order valence-electron chi connectivity index (χ1n) is 5.75. The number of aliphatic carboxylic acids is 1. The summed E-state index contributed by atoms with van der Waals surface area (Å²) in [5.74, 6) is -3.28. The number of carboxylic acid groups (broad SMARTS) is 1. The lowest BCUT2D eigenvalue weighted by Gasteiger charge is -2.15. The van der Waals surface area contributed by atoms with E-state index < -0.39 is 48.0 Å². The van der Waals surface area contributed by atoms with Crippen molar-refractivity contribution >= 4 is 23.7 Å². The van der Waals surface area contributed by atoms with Crippen LogP contribution in [-0.4, -0.2) is 59.6 Å². The minimum Gasteiger partial charge on any atom is -0.480 e. The van der Waals surface area contributed by atoms with Gasteiger partial charge in [-0.05, 0) is 6.92 Å². The molecule has 4 atom stereocenters. The molecule has 0 radical (unpaired) electrons. The number of hydrogen-bond donors (Lipinski definition) is 5. The van der Waals surface area contributed by atoms with Gasteiger partial charge < -0.3 is 31.9 Å². The molecule has 10 nitrogen and oxygen atoms in total. The number of rotatable bonds is 7. The summed E-state index contributed by atoms with van der Waals surface area (Å²) in [6, 6.07) is -2.21. The van der Waals surface area contributed by atoms with Gasteiger partial charge in [0.05, 0.1) is 0 Å². The highest BCUT2D eigenvalue weighted by molar-refractivity contribution is 5.94. The van der Waals surface area contributed by atoms with Crippen LogP contribution in [0.4, 0.5) is 0 Å². The van der Waals surface area contributed by atoms with E-state index in [1.807, 2.05) is 0 Å². The van der Waals surface area contributed by atoms with Gasteiger partial charge >= 0.3 is 5.97 Å². The number of primary amides is 1. The van der Waals surface area contributed by atoms with E-state index in [0.717, 1.165) is 0 Å². The first kappa shape index (κ1) is 15.9. The van der Waals surface area contributed by atoms with Crippen LogP contribution in [-0.2, 0) is 23.9 Å². The molecule has 7 N–H and O–H groups in total. The van der Waals surface area contributed by atoms with Crippen molar-refractivity contribution in [1.29, 1.82) is 0 Å². The number of carbonyl (C=O) groups is 4. The molecular weight excluding hydrogens is 272 g/mol. The molecule has 1 aliphatic rings. The van der Waals surface area contributed by atoms with Crippen LogP contribution in [0.2, 0.25) is 0 Å². The second-order valence-electron chi connectivity index (χ2n) is 4.30. The minimum absolute atomic E-state index is 0.220. The molecule has 0 aliphatic carbocycles. The quantitative estimate of drug-likeness (QED) is 0.299. The van der Waals surface area contributed by atoms with Gasteiger partial charge in [0.15, 0.2) is 12.2 Å². The van der Waals surface area contributed by atoms with Gasteiger partial charge in [-0.1, -0.05) is 0 Å². The zero-order chi connectivity index (χ0) is 15.4. The average Bonchev–Trinajstić information content (AvgIpc) is 3.15. The van der Waals surface area contributed by atoms with E-state index in [2.05, 4.69) is 10.6 Å². The first-order chi connectivity index (χ1) is 9.23. The molecule has 1 rings (SSSR count). The summed E-state index contributed by atoms with van der Waals surface area (Å²) in [4.78, 5) is 44.1. The van der Waals surface area contributed by atoms with Gasteiger partial charge in [-0.3, -0.25) is 19.2 Å². The fourth-order valence-electron chi connectivity index (χ4n) is 1.31. The van der Waals surface area contributed by atoms with Crippen LogP contribution in [0.15, 0.2) is 0 Å². The van der Waals surface area contributed by atoms with Gasteiger partial charge in [0.2, 0.25) is 11.8 Å². The van der Waals surface area contributed by atoms with Crippen molar-refractivity contribution in [3.05, 3.63) is 0 Å². The second-order valence-corrected chi connectivity index (χ2v) is 4.30. The van der Waals surface area contributed by atoms with Crippen LogP contribution in [0.5, 0.6) is 0 Å². The summed E-state index contributed by atoms with van der Waals surface area (Å²) in [6.07, 6.45) is -1.91. The van der Waals surface area contributed by atoms with Crippen LogP contribution in [0.25, 0.3) is 0 Å². The monoisotopic (exact) mass is 288 g/mol. The lowest BCUT2D eigenvalue weighted by Crippen LogP contribution is -2.52. The van der Waals surface area contributed by atoms with Gasteiger partial charge in [0.25, 0.3) is 5.91 Å². The largest absolute Gasteiger partial charge is 0.480 e. The van der Waals surface area contributed by atoms with Crippen LogP contribution < -0.4 is 22.1 Å². The average molecular weight is 288 g/mol. The summed E-state index contributed by atoms with van der Waals surface area (Å²) in [5.41, 5.74) is 10.4. The van der Waals surface area contributed by atoms with E-state index in [1.165, 1.54) is 6.92 Å². The molecule has 10 heteroatoms. The van der Waals surface area contributed by atoms with E-state index in [1.54, 1.807) is 0 Å². The molecule has 0 aromatic rings. The Kier molecular flexibility index (Phi) is 5.00. The molecule has 1 heterocycles. The van der Waals surface area contributed by atoms with Crippen LogP contribution in [0, 0.1) is 0 Å². The Bertz CT molecular complexity index is 439. The van der Waals surface area contributed by atoms with E-state index in [4.69, 9.17) is 21.3 Å². The van der Waals surface area contributed by atoms with Crippen molar-refractivity contribution in [2.24, 2.45) is 11.5 Å². The molecule has 0 aromatic carbocycles. The Morgan fingerprint density at radius 1 is 1.30 bits per heavy atom. The van der Waals surface area contributed by atoms with Crippen LogP contribution in [0.3, 0.4) is 0 Å². The molecule has 0 bridgehead atoms. The summed E-state index contributed by atoms with van der Waals surface area (Å²) in [7, 11) is 0. The SMILES string of the molecule is C[C@H](NC(=O)[C@@H](N)CNC(=O)C1OC1C(N)=O)C(=O)O. The Hall–Kier alpha value is -2.20. The van der Waals surface area contributed by atoms with Crippen molar-refractivity contribution in [1.82, 2.24) is 10.6 Å². The number of epoxide rings is 1. The number of carboxylic acids is 1. The van der Waals surface area contributed by atoms with Gasteiger partial charge in [0, 0.05) is 6.54 Å². The predicted molar refractivity (Wildman–Crippen MR) is 64.1 cm³/mol. The van der Waals surface area contributed by atoms with Crippen LogP contribution in [0.1, 0.15) is 6.92 Å². The van der Waals surface area contributed by atoms with Crippen molar-refractivity contribution in [2.45, 2.75) is 31.2 Å². The second kappa shape index (κ2) is 6.30. The van der Waals surface area contributed by atoms with E-state index >= 15 is 0 Å². The number of hydrogen-bond acceptors (Lipinski definition) is 6. The zero-order valence-corrected chi connectivity index (χ0v) is 10.7. The minimum atomic E-state index is -1.20. The highest BCUT2D eigenvalue weighted by atomic mass is 16.6. The normalized spacial score (nSPS) is 23.3. The number of amides is 3. The van der Waals surface area contributed by atoms with Crippen LogP contribution >= 0.6 is 0 Å². The van der Waals surface area contributed by atoms with E-state index in [9.17, 15) is 19.2 Å². The molecule has 1 aliphatic heterocycles. The number of nitrogens with two attached hydrogens (primary N) is 2. The third-order valence-electron chi connectivity index (χ3n) is 2.59. The maximum atomic E-state index is 11.5. The smallest absolute Gasteiger partial charge is 0.325 e. The highest BCUT2D eigenvalue weighted by Gasteiger charge is 2.49. The number of carbonyl (C=O) groups excluding carboxylic acids is 3. The molecule has 0 saturated carbocycles. The van der Waals surface area contributed by atoms with Crippen molar-refractivity contribution in [3.8, 4) is 0 Å². The Morgan fingerprint density at radius 2 is 1.90 bits per heavy atom. The van der Waals surface area contributed by atoms with Gasteiger partial charge in [-0.2, -0.15) is 0 Å². The van der Waals surface area contributed by atoms with Crippen molar-refractivity contribution < 1.29 is 29.0 Å². The lowest BCUT2D eigenvalue weighted by atomic mass is 10.2. The fourth-order valence-corrected chi connectivity index (χ4v) is 1.31. The molecule has 2 unspecified atom stereocenters. The number of nitrogens with one attached hydrogen (secondary N) is 2. The fraction of sp³-hybridized carbons (Fsp3) is 0.600. The molecule has 1 fully saturated rings. The summed E-state index contributed by atoms with van der Waals surface area (Å²) in [6.45, 7) is 1.06. The lowest BCUT2D eigenvalue weighted by molar-refractivity contribution is -0.141. The molecule has 3 amide bonds. The molecule has 112 valence electrons. The maximum absolute atomic E-state index is 11.5. The molecule has 20 heavy (non-hydrogen) atoms. The molecule has 0 aromatic heterocycles. The first-order valence-corrected chi connectivity index (χ1v) is 5.75. The van der Waals surface area contributed by atoms with E-state index in [0.29, 0.717) is 0 Å². The van der Waals surface area contributed by atoms with Gasteiger partial charge in [0.1, 0.15) is 12.1 Å². The van der Waals surface area contributed by atoms with Gasteiger partial charge in [-0.25, -0.2) is 0 Å². The third-order valence-corrected chi connectivity index (χ3v) is 2.59. The topological polar surface area (TPSA) is 177 Å². The number of ether oxygens (including phenoxy) is 1. The van der Waals surface area contributed by atoms with E-state index in [-0.39, 0.29) is 6.54 Å². The van der Waals surface area contributed by atoms with Crippen molar-refractivity contribution in [2.75, 3.05) is 6.54 Å². The third kappa shape index (κ3) is 4.17. The molecular formula is C10H16N4O6. The maximum Gasteiger partial charge on any atom is 0.325 e. The zero-order valence-electron chi connectivity index (χ0n) is 10.7. The molecule has 0 spiro atoms. The predicted octanol–water partition coefficient (Wildman–Crippen LogP) is -3.73. The van der Waals surface area contributed by atoms with Crippen molar-refractivity contribution in [3.63, 3.8) is 0 Å².